The highest BCUT2D eigenvalue weighted by Gasteiger charge is 2.77. The van der Waals surface area contributed by atoms with Crippen molar-refractivity contribution in [3.63, 3.8) is 0 Å². The number of amides is 2. The molecule has 0 aliphatic carbocycles. The van der Waals surface area contributed by atoms with Crippen molar-refractivity contribution in [2.45, 2.75) is 81.9 Å². The van der Waals surface area contributed by atoms with E-state index in [1.165, 1.54) is 0 Å². The normalized spacial score (nSPS) is 31.4. The standard InChI is InChI=1S/C28H44N2O5S/c1-7-10-13-29(12-9-3)26(33)24-28-19(6)16-21(36-28)22(27(34)35-14-11-8-2)23(28)25(32)30(24)20(17-31)15-18(4)5/h8-9,18-24,31H,2-3,7,10-17H2,1,4-6H3/t19?,20-,21-,22+,23+,24?,28?/m1/s1. The molecule has 3 aliphatic rings. The molecule has 36 heavy (non-hydrogen) atoms. The van der Waals surface area contributed by atoms with Crippen LogP contribution >= 0.6 is 11.8 Å². The van der Waals surface area contributed by atoms with Crippen LogP contribution in [0.3, 0.4) is 0 Å². The molecule has 0 saturated carbocycles. The number of unbranched alkanes of at least 4 members (excludes halogenated alkanes) is 1. The number of hydrogen-bond donors (Lipinski definition) is 1. The lowest BCUT2D eigenvalue weighted by Gasteiger charge is -2.42. The van der Waals surface area contributed by atoms with Crippen molar-refractivity contribution in [3.8, 4) is 0 Å². The van der Waals surface area contributed by atoms with E-state index in [1.54, 1.807) is 33.7 Å². The SMILES string of the molecule is C=CCCOC(=O)[C@@H]1[C@H]2C(=O)N([C@@H](CO)CC(C)C)C(C(=O)N(CC=C)CCCC)C23S[C@@H]1CC3C. The molecule has 3 unspecified atom stereocenters. The van der Waals surface area contributed by atoms with Gasteiger partial charge in [-0.3, -0.25) is 14.4 Å². The molecule has 0 radical (unpaired) electrons. The Kier molecular flexibility index (Phi) is 9.72. The quantitative estimate of drug-likeness (QED) is 0.214. The van der Waals surface area contributed by atoms with Gasteiger partial charge in [0.2, 0.25) is 11.8 Å². The molecule has 3 rings (SSSR count). The number of hydrogen-bond acceptors (Lipinski definition) is 6. The van der Waals surface area contributed by atoms with Crippen molar-refractivity contribution < 1.29 is 24.2 Å². The fourth-order valence-electron chi connectivity index (χ4n) is 6.53. The lowest BCUT2D eigenvalue weighted by atomic mass is 9.66. The maximum atomic E-state index is 14.3. The first-order chi connectivity index (χ1) is 17.2. The third-order valence-electron chi connectivity index (χ3n) is 8.05. The van der Waals surface area contributed by atoms with Gasteiger partial charge in [0.25, 0.3) is 0 Å². The van der Waals surface area contributed by atoms with Crippen LogP contribution in [0.1, 0.15) is 59.8 Å². The van der Waals surface area contributed by atoms with Gasteiger partial charge < -0.3 is 19.6 Å². The zero-order chi connectivity index (χ0) is 26.6. The number of aliphatic hydroxyl groups excluding tert-OH is 1. The van der Waals surface area contributed by atoms with E-state index < -0.39 is 28.7 Å². The fourth-order valence-corrected chi connectivity index (χ4v) is 8.92. The number of ether oxygens (including phenoxy) is 1. The average Bonchev–Trinajstić information content (AvgIpc) is 3.43. The largest absolute Gasteiger partial charge is 0.465 e. The second-order valence-electron chi connectivity index (χ2n) is 10.9. The van der Waals surface area contributed by atoms with E-state index in [9.17, 15) is 19.5 Å². The van der Waals surface area contributed by atoms with Crippen LogP contribution in [-0.4, -0.2) is 81.1 Å². The lowest BCUT2D eigenvalue weighted by Crippen LogP contribution is -2.59. The molecular weight excluding hydrogens is 476 g/mol. The number of rotatable bonds is 14. The summed E-state index contributed by atoms with van der Waals surface area (Å²) in [7, 11) is 0. The maximum absolute atomic E-state index is 14.3. The van der Waals surface area contributed by atoms with Crippen LogP contribution in [0.2, 0.25) is 0 Å². The summed E-state index contributed by atoms with van der Waals surface area (Å²) in [4.78, 5) is 45.3. The molecule has 0 aromatic carbocycles. The summed E-state index contributed by atoms with van der Waals surface area (Å²) in [6.07, 6.45) is 7.13. The topological polar surface area (TPSA) is 87.1 Å². The highest BCUT2D eigenvalue weighted by atomic mass is 32.2. The molecule has 0 aromatic heterocycles. The Morgan fingerprint density at radius 1 is 1.33 bits per heavy atom. The second-order valence-corrected chi connectivity index (χ2v) is 12.5. The third-order valence-corrected chi connectivity index (χ3v) is 10.1. The Labute approximate surface area is 220 Å². The molecule has 202 valence electrons. The summed E-state index contributed by atoms with van der Waals surface area (Å²) >= 11 is 1.64. The monoisotopic (exact) mass is 520 g/mol. The van der Waals surface area contributed by atoms with Crippen molar-refractivity contribution in [1.82, 2.24) is 9.80 Å². The van der Waals surface area contributed by atoms with E-state index in [2.05, 4.69) is 27.0 Å². The Morgan fingerprint density at radius 3 is 2.64 bits per heavy atom. The fraction of sp³-hybridized carbons (Fsp3) is 0.750. The molecule has 3 heterocycles. The number of esters is 1. The van der Waals surface area contributed by atoms with E-state index in [4.69, 9.17) is 4.74 Å². The molecular formula is C28H44N2O5S. The molecule has 3 aliphatic heterocycles. The molecule has 8 heteroatoms. The number of likely N-dealkylation sites (tertiary alicyclic amines) is 1. The van der Waals surface area contributed by atoms with Crippen LogP contribution < -0.4 is 0 Å². The van der Waals surface area contributed by atoms with Crippen LogP contribution in [0, 0.1) is 23.7 Å². The first-order valence-electron chi connectivity index (χ1n) is 13.5. The zero-order valence-corrected chi connectivity index (χ0v) is 23.2. The minimum Gasteiger partial charge on any atom is -0.465 e. The lowest BCUT2D eigenvalue weighted by molar-refractivity contribution is -0.155. The van der Waals surface area contributed by atoms with Gasteiger partial charge in [-0.2, -0.15) is 0 Å². The Morgan fingerprint density at radius 2 is 2.06 bits per heavy atom. The molecule has 2 amide bonds. The number of thioether (sulfide) groups is 1. The molecule has 0 aromatic rings. The Hall–Kier alpha value is -1.80. The van der Waals surface area contributed by atoms with E-state index in [-0.39, 0.29) is 48.1 Å². The molecule has 1 N–H and O–H groups in total. The summed E-state index contributed by atoms with van der Waals surface area (Å²) in [6.45, 7) is 16.8. The summed E-state index contributed by atoms with van der Waals surface area (Å²) in [5.41, 5.74) is 0. The maximum Gasteiger partial charge on any atom is 0.310 e. The van der Waals surface area contributed by atoms with E-state index in [0.717, 1.165) is 19.3 Å². The van der Waals surface area contributed by atoms with Gasteiger partial charge in [-0.25, -0.2) is 0 Å². The first-order valence-corrected chi connectivity index (χ1v) is 14.3. The molecule has 7 atom stereocenters. The minimum atomic E-state index is -0.723. The van der Waals surface area contributed by atoms with E-state index in [1.807, 2.05) is 13.8 Å². The van der Waals surface area contributed by atoms with Gasteiger partial charge in [-0.05, 0) is 37.5 Å². The van der Waals surface area contributed by atoms with Crippen molar-refractivity contribution in [2.24, 2.45) is 23.7 Å². The summed E-state index contributed by atoms with van der Waals surface area (Å²) < 4.78 is 4.87. The van der Waals surface area contributed by atoms with Gasteiger partial charge in [0.1, 0.15) is 6.04 Å². The third kappa shape index (κ3) is 5.00. The van der Waals surface area contributed by atoms with E-state index >= 15 is 0 Å². The smallest absolute Gasteiger partial charge is 0.310 e. The predicted octanol–water partition coefficient (Wildman–Crippen LogP) is 3.66. The number of aliphatic hydroxyl groups is 1. The molecule has 2 bridgehead atoms. The van der Waals surface area contributed by atoms with Gasteiger partial charge in [0.15, 0.2) is 0 Å². The van der Waals surface area contributed by atoms with Crippen molar-refractivity contribution in [3.05, 3.63) is 25.3 Å². The molecule has 3 saturated heterocycles. The van der Waals surface area contributed by atoms with Gasteiger partial charge >= 0.3 is 5.97 Å². The average molecular weight is 521 g/mol. The number of carbonyl (C=O) groups is 3. The summed E-state index contributed by atoms with van der Waals surface area (Å²) in [5, 5.41) is 10.4. The van der Waals surface area contributed by atoms with E-state index in [0.29, 0.717) is 25.9 Å². The van der Waals surface area contributed by atoms with Gasteiger partial charge in [-0.15, -0.1) is 24.9 Å². The van der Waals surface area contributed by atoms with Crippen molar-refractivity contribution in [1.29, 1.82) is 0 Å². The van der Waals surface area contributed by atoms with Crippen LogP contribution in [0.4, 0.5) is 0 Å². The van der Waals surface area contributed by atoms with Crippen LogP contribution in [0.15, 0.2) is 25.3 Å². The van der Waals surface area contributed by atoms with Crippen LogP contribution in [0.5, 0.6) is 0 Å². The van der Waals surface area contributed by atoms with Crippen LogP contribution in [-0.2, 0) is 19.1 Å². The van der Waals surface area contributed by atoms with Gasteiger partial charge in [-0.1, -0.05) is 46.3 Å². The van der Waals surface area contributed by atoms with Crippen molar-refractivity contribution >= 4 is 29.5 Å². The number of carbonyl (C=O) groups excluding carboxylic acids is 3. The number of fused-ring (bicyclic) bond motifs is 1. The van der Waals surface area contributed by atoms with Crippen LogP contribution in [0.25, 0.3) is 0 Å². The zero-order valence-electron chi connectivity index (χ0n) is 22.4. The molecule has 3 fully saturated rings. The van der Waals surface area contributed by atoms with Crippen molar-refractivity contribution in [2.75, 3.05) is 26.3 Å². The first kappa shape index (κ1) is 28.8. The minimum absolute atomic E-state index is 0.0520. The highest BCUT2D eigenvalue weighted by Crippen LogP contribution is 2.69. The number of nitrogens with zero attached hydrogens (tertiary/aromatic N) is 2. The highest BCUT2D eigenvalue weighted by molar-refractivity contribution is 8.02. The Bertz CT molecular complexity index is 848. The van der Waals surface area contributed by atoms with Gasteiger partial charge in [0.05, 0.1) is 35.8 Å². The molecule has 7 nitrogen and oxygen atoms in total. The molecule has 1 spiro atoms. The Balaban J connectivity index is 2.08. The summed E-state index contributed by atoms with van der Waals surface area (Å²) in [5.74, 6) is -1.53. The van der Waals surface area contributed by atoms with Gasteiger partial charge in [0, 0.05) is 18.3 Å². The predicted molar refractivity (Wildman–Crippen MR) is 143 cm³/mol. The second kappa shape index (κ2) is 12.2. The summed E-state index contributed by atoms with van der Waals surface area (Å²) in [6, 6.07) is -1.20.